The van der Waals surface area contributed by atoms with Crippen LogP contribution in [0, 0.1) is 0 Å². The van der Waals surface area contributed by atoms with Gasteiger partial charge in [0.25, 0.3) is 0 Å². The average Bonchev–Trinajstić information content (AvgIpc) is 2.29. The first-order valence-electron chi connectivity index (χ1n) is 4.57. The summed E-state index contributed by atoms with van der Waals surface area (Å²) in [4.78, 5) is 0. The molecule has 0 radical (unpaired) electrons. The summed E-state index contributed by atoms with van der Waals surface area (Å²) in [5, 5.41) is 0.662. The summed E-state index contributed by atoms with van der Waals surface area (Å²) in [5.74, 6) is 0. The third-order valence-corrected chi connectivity index (χ3v) is 4.90. The van der Waals surface area contributed by atoms with Crippen LogP contribution >= 0.6 is 11.8 Å². The normalized spacial score (nSPS) is 36.0. The molecule has 1 heterocycles. The van der Waals surface area contributed by atoms with Crippen LogP contribution in [0.15, 0.2) is 0 Å². The zero-order chi connectivity index (χ0) is 8.48. The summed E-state index contributed by atoms with van der Waals surface area (Å²) in [7, 11) is 0. The van der Waals surface area contributed by atoms with Gasteiger partial charge >= 0.3 is 0 Å². The van der Waals surface area contributed by atoms with Crippen molar-refractivity contribution >= 4 is 11.8 Å². The summed E-state index contributed by atoms with van der Waals surface area (Å²) in [6.07, 6.45) is 3.75. The first-order chi connectivity index (χ1) is 5.13. The van der Waals surface area contributed by atoms with E-state index < -0.39 is 0 Å². The molecule has 1 saturated heterocycles. The molecule has 1 aliphatic rings. The summed E-state index contributed by atoms with van der Waals surface area (Å²) in [6.45, 7) is 6.81. The number of thioether (sulfide) groups is 1. The molecule has 1 fully saturated rings. The van der Waals surface area contributed by atoms with E-state index in [-0.39, 0.29) is 0 Å². The Kier molecular flexibility index (Phi) is 2.87. The van der Waals surface area contributed by atoms with Crippen LogP contribution in [0.4, 0.5) is 0 Å². The van der Waals surface area contributed by atoms with E-state index in [2.05, 4.69) is 32.5 Å². The lowest BCUT2D eigenvalue weighted by molar-refractivity contribution is 0.483. The van der Waals surface area contributed by atoms with Gasteiger partial charge in [0.1, 0.15) is 0 Å². The fraction of sp³-hybridized carbons (Fsp3) is 1.00. The maximum Gasteiger partial charge on any atom is 0.0176 e. The van der Waals surface area contributed by atoms with Crippen LogP contribution < -0.4 is 5.73 Å². The maximum atomic E-state index is 5.98. The summed E-state index contributed by atoms with van der Waals surface area (Å²) in [6, 6.07) is 0.430. The first-order valence-corrected chi connectivity index (χ1v) is 5.45. The SMILES string of the molecule is CCC1(CC)CC(N)C(C)S1. The second-order valence-electron chi connectivity index (χ2n) is 3.58. The third-order valence-electron chi connectivity index (χ3n) is 2.94. The topological polar surface area (TPSA) is 26.0 Å². The standard InChI is InChI=1S/C9H19NS/c1-4-9(5-2)6-8(10)7(3)11-9/h7-8H,4-6,10H2,1-3H3. The molecule has 2 heteroatoms. The highest BCUT2D eigenvalue weighted by Crippen LogP contribution is 2.46. The molecule has 0 aromatic heterocycles. The van der Waals surface area contributed by atoms with Crippen LogP contribution in [-0.4, -0.2) is 16.0 Å². The van der Waals surface area contributed by atoms with Crippen molar-refractivity contribution in [3.63, 3.8) is 0 Å². The van der Waals surface area contributed by atoms with Crippen molar-refractivity contribution in [2.75, 3.05) is 0 Å². The molecular formula is C9H19NS. The van der Waals surface area contributed by atoms with Crippen molar-refractivity contribution in [2.24, 2.45) is 5.73 Å². The van der Waals surface area contributed by atoms with Crippen molar-refractivity contribution in [1.82, 2.24) is 0 Å². The van der Waals surface area contributed by atoms with Crippen LogP contribution in [0.5, 0.6) is 0 Å². The second-order valence-corrected chi connectivity index (χ2v) is 5.43. The summed E-state index contributed by atoms with van der Waals surface area (Å²) < 4.78 is 0.513. The highest BCUT2D eigenvalue weighted by atomic mass is 32.2. The maximum absolute atomic E-state index is 5.98. The van der Waals surface area contributed by atoms with E-state index in [1.807, 2.05) is 0 Å². The molecule has 0 aromatic carbocycles. The number of rotatable bonds is 2. The minimum absolute atomic E-state index is 0.430. The van der Waals surface area contributed by atoms with E-state index in [0.717, 1.165) is 0 Å². The average molecular weight is 173 g/mol. The van der Waals surface area contributed by atoms with Crippen LogP contribution in [0.1, 0.15) is 40.0 Å². The zero-order valence-electron chi connectivity index (χ0n) is 7.76. The molecule has 0 saturated carbocycles. The van der Waals surface area contributed by atoms with Crippen molar-refractivity contribution in [1.29, 1.82) is 0 Å². The molecule has 2 atom stereocenters. The van der Waals surface area contributed by atoms with E-state index >= 15 is 0 Å². The van der Waals surface area contributed by atoms with Gasteiger partial charge < -0.3 is 5.73 Å². The van der Waals surface area contributed by atoms with Crippen molar-refractivity contribution in [3.8, 4) is 0 Å². The minimum Gasteiger partial charge on any atom is -0.327 e. The van der Waals surface area contributed by atoms with Gasteiger partial charge in [-0.2, -0.15) is 11.8 Å². The molecule has 2 N–H and O–H groups in total. The van der Waals surface area contributed by atoms with E-state index in [1.54, 1.807) is 0 Å². The van der Waals surface area contributed by atoms with Crippen LogP contribution in [0.3, 0.4) is 0 Å². The Morgan fingerprint density at radius 1 is 1.45 bits per heavy atom. The van der Waals surface area contributed by atoms with Gasteiger partial charge in [-0.05, 0) is 19.3 Å². The predicted molar refractivity (Wildman–Crippen MR) is 53.0 cm³/mol. The third kappa shape index (κ3) is 1.73. The molecule has 1 rings (SSSR count). The van der Waals surface area contributed by atoms with Gasteiger partial charge in [-0.25, -0.2) is 0 Å². The molecule has 66 valence electrons. The zero-order valence-corrected chi connectivity index (χ0v) is 8.58. The minimum atomic E-state index is 0.430. The van der Waals surface area contributed by atoms with E-state index in [1.165, 1.54) is 19.3 Å². The van der Waals surface area contributed by atoms with E-state index in [4.69, 9.17) is 5.73 Å². The Labute approximate surface area is 74.1 Å². The molecular weight excluding hydrogens is 154 g/mol. The van der Waals surface area contributed by atoms with E-state index in [0.29, 0.717) is 16.0 Å². The lowest BCUT2D eigenvalue weighted by Crippen LogP contribution is -2.27. The van der Waals surface area contributed by atoms with Gasteiger partial charge in [-0.3, -0.25) is 0 Å². The fourth-order valence-corrected chi connectivity index (χ4v) is 3.51. The quantitative estimate of drug-likeness (QED) is 0.694. The van der Waals surface area contributed by atoms with Gasteiger partial charge in [0.2, 0.25) is 0 Å². The van der Waals surface area contributed by atoms with Gasteiger partial charge in [0, 0.05) is 16.0 Å². The molecule has 0 spiro atoms. The van der Waals surface area contributed by atoms with Crippen molar-refractivity contribution in [3.05, 3.63) is 0 Å². The Morgan fingerprint density at radius 3 is 2.18 bits per heavy atom. The molecule has 0 amide bonds. The van der Waals surface area contributed by atoms with Crippen molar-refractivity contribution in [2.45, 2.75) is 56.1 Å². The Bertz CT molecular complexity index is 120. The monoisotopic (exact) mass is 173 g/mol. The van der Waals surface area contributed by atoms with Crippen molar-refractivity contribution < 1.29 is 0 Å². The van der Waals surface area contributed by atoms with Gasteiger partial charge in [-0.1, -0.05) is 20.8 Å². The number of hydrogen-bond donors (Lipinski definition) is 1. The molecule has 1 aliphatic heterocycles. The van der Waals surface area contributed by atoms with Crippen LogP contribution in [-0.2, 0) is 0 Å². The lowest BCUT2D eigenvalue weighted by atomic mass is 9.94. The Balaban J connectivity index is 2.61. The second kappa shape index (κ2) is 3.36. The molecule has 11 heavy (non-hydrogen) atoms. The fourth-order valence-electron chi connectivity index (χ4n) is 1.83. The van der Waals surface area contributed by atoms with Crippen LogP contribution in [0.25, 0.3) is 0 Å². The highest BCUT2D eigenvalue weighted by molar-refractivity contribution is 8.01. The number of hydrogen-bond acceptors (Lipinski definition) is 2. The van der Waals surface area contributed by atoms with Crippen LogP contribution in [0.2, 0.25) is 0 Å². The molecule has 2 unspecified atom stereocenters. The van der Waals surface area contributed by atoms with Gasteiger partial charge in [0.05, 0.1) is 0 Å². The van der Waals surface area contributed by atoms with Gasteiger partial charge in [0.15, 0.2) is 0 Å². The molecule has 0 aliphatic carbocycles. The largest absolute Gasteiger partial charge is 0.327 e. The van der Waals surface area contributed by atoms with E-state index in [9.17, 15) is 0 Å². The molecule has 0 bridgehead atoms. The molecule has 1 nitrogen and oxygen atoms in total. The highest BCUT2D eigenvalue weighted by Gasteiger charge is 2.39. The number of nitrogens with two attached hydrogens (primary N) is 1. The summed E-state index contributed by atoms with van der Waals surface area (Å²) >= 11 is 2.10. The van der Waals surface area contributed by atoms with Gasteiger partial charge in [-0.15, -0.1) is 0 Å². The Hall–Kier alpha value is 0.310. The predicted octanol–water partition coefficient (Wildman–Crippen LogP) is 2.40. The Morgan fingerprint density at radius 2 is 2.00 bits per heavy atom. The first kappa shape index (κ1) is 9.40. The summed E-state index contributed by atoms with van der Waals surface area (Å²) in [5.41, 5.74) is 5.98. The lowest BCUT2D eigenvalue weighted by Gasteiger charge is -2.24. The molecule has 0 aromatic rings. The smallest absolute Gasteiger partial charge is 0.0176 e.